The maximum Gasteiger partial charge on any atom is 0.269 e. The first kappa shape index (κ1) is 19.7. The number of ketones is 1. The van der Waals surface area contributed by atoms with Crippen molar-refractivity contribution >= 4 is 17.5 Å². The number of carbonyl (C=O) groups is 1. The third kappa shape index (κ3) is 3.07. The van der Waals surface area contributed by atoms with E-state index in [1.54, 1.807) is 24.3 Å². The zero-order valence-corrected chi connectivity index (χ0v) is 17.0. The Morgan fingerprint density at radius 1 is 0.969 bits per heavy atom. The van der Waals surface area contributed by atoms with Gasteiger partial charge in [-0.1, -0.05) is 66.7 Å². The highest BCUT2D eigenvalue weighted by atomic mass is 16.6. The molecule has 1 fully saturated rings. The van der Waals surface area contributed by atoms with Crippen LogP contribution in [0.1, 0.15) is 39.0 Å². The Morgan fingerprint density at radius 2 is 1.66 bits per heavy atom. The summed E-state index contributed by atoms with van der Waals surface area (Å²) in [4.78, 5) is 26.5. The van der Waals surface area contributed by atoms with Gasteiger partial charge >= 0.3 is 0 Å². The Labute approximate surface area is 185 Å². The summed E-state index contributed by atoms with van der Waals surface area (Å²) in [6, 6.07) is 24.8. The van der Waals surface area contributed by atoms with Gasteiger partial charge in [0.05, 0.1) is 23.0 Å². The summed E-state index contributed by atoms with van der Waals surface area (Å²) in [5.74, 6) is -0.990. The van der Waals surface area contributed by atoms with Crippen LogP contribution in [0.3, 0.4) is 0 Å². The van der Waals surface area contributed by atoms with Crippen LogP contribution in [0.15, 0.2) is 85.1 Å². The molecule has 6 nitrogen and oxygen atoms in total. The van der Waals surface area contributed by atoms with Gasteiger partial charge in [0.15, 0.2) is 5.78 Å². The minimum atomic E-state index is -0.580. The van der Waals surface area contributed by atoms with Gasteiger partial charge in [0.1, 0.15) is 6.04 Å². The summed E-state index contributed by atoms with van der Waals surface area (Å²) in [6.45, 7) is 0. The molecule has 5 rings (SSSR count). The molecule has 32 heavy (non-hydrogen) atoms. The summed E-state index contributed by atoms with van der Waals surface area (Å²) < 4.78 is 0. The molecule has 0 bridgehead atoms. The van der Waals surface area contributed by atoms with Crippen LogP contribution < -0.4 is 0 Å². The number of hydrogen-bond donors (Lipinski definition) is 0. The van der Waals surface area contributed by atoms with Crippen LogP contribution in [-0.4, -0.2) is 21.6 Å². The summed E-state index contributed by atoms with van der Waals surface area (Å²) in [7, 11) is 0. The van der Waals surface area contributed by atoms with Crippen LogP contribution in [0.25, 0.3) is 6.08 Å². The second-order valence-corrected chi connectivity index (χ2v) is 8.04. The normalized spacial score (nSPS) is 23.2. The van der Waals surface area contributed by atoms with Gasteiger partial charge in [0.2, 0.25) is 0 Å². The van der Waals surface area contributed by atoms with Gasteiger partial charge in [-0.2, -0.15) is 5.26 Å². The lowest BCUT2D eigenvalue weighted by atomic mass is 9.75. The summed E-state index contributed by atoms with van der Waals surface area (Å²) in [6.07, 6.45) is 3.87. The molecule has 4 atom stereocenters. The van der Waals surface area contributed by atoms with Gasteiger partial charge in [-0.05, 0) is 22.8 Å². The quantitative estimate of drug-likeness (QED) is 0.332. The largest absolute Gasteiger partial charge is 0.353 e. The zero-order chi connectivity index (χ0) is 22.2. The van der Waals surface area contributed by atoms with E-state index < -0.39 is 22.8 Å². The van der Waals surface area contributed by atoms with E-state index in [-0.39, 0.29) is 17.5 Å². The molecule has 0 saturated carbocycles. The number of carbonyl (C=O) groups excluding carboxylic acids is 1. The van der Waals surface area contributed by atoms with Crippen molar-refractivity contribution < 1.29 is 9.72 Å². The highest BCUT2D eigenvalue weighted by Crippen LogP contribution is 2.53. The average Bonchev–Trinajstić information content (AvgIpc) is 3.19. The molecule has 4 unspecified atom stereocenters. The number of hydrogen-bond acceptors (Lipinski definition) is 5. The predicted octanol–water partition coefficient (Wildman–Crippen LogP) is 5.11. The lowest BCUT2D eigenvalue weighted by Gasteiger charge is -2.32. The van der Waals surface area contributed by atoms with E-state index in [2.05, 4.69) is 6.07 Å². The molecule has 3 aromatic rings. The monoisotopic (exact) mass is 421 g/mol. The van der Waals surface area contributed by atoms with E-state index in [1.165, 1.54) is 12.1 Å². The number of Topliss-reactive ketones (excluding diaryl/α,β-unsaturated/α-hetero) is 1. The van der Waals surface area contributed by atoms with Crippen molar-refractivity contribution in [2.24, 2.45) is 5.92 Å². The molecule has 0 aromatic heterocycles. The smallest absolute Gasteiger partial charge is 0.269 e. The molecule has 1 saturated heterocycles. The van der Waals surface area contributed by atoms with Crippen molar-refractivity contribution in [1.29, 1.82) is 5.26 Å². The Hall–Kier alpha value is -4.24. The van der Waals surface area contributed by atoms with E-state index in [4.69, 9.17) is 0 Å². The lowest BCUT2D eigenvalue weighted by molar-refractivity contribution is -0.384. The molecule has 0 radical (unpaired) electrons. The topological polar surface area (TPSA) is 87.2 Å². The molecular weight excluding hydrogens is 402 g/mol. The van der Waals surface area contributed by atoms with E-state index >= 15 is 0 Å². The number of nitro benzene ring substituents is 1. The summed E-state index contributed by atoms with van der Waals surface area (Å²) in [5, 5.41) is 21.3. The van der Waals surface area contributed by atoms with Crippen molar-refractivity contribution in [3.8, 4) is 6.07 Å². The fraction of sp³-hybridized carbons (Fsp3) is 0.154. The fourth-order valence-electron chi connectivity index (χ4n) is 5.03. The molecule has 0 amide bonds. The first-order valence-corrected chi connectivity index (χ1v) is 10.4. The van der Waals surface area contributed by atoms with Crippen molar-refractivity contribution in [3.63, 3.8) is 0 Å². The van der Waals surface area contributed by atoms with Gasteiger partial charge < -0.3 is 4.90 Å². The number of non-ortho nitro benzene ring substituents is 1. The van der Waals surface area contributed by atoms with Crippen LogP contribution >= 0.6 is 0 Å². The number of nitrogens with zero attached hydrogens (tertiary/aromatic N) is 3. The second-order valence-electron chi connectivity index (χ2n) is 8.04. The Morgan fingerprint density at radius 3 is 2.34 bits per heavy atom. The number of nitro groups is 1. The van der Waals surface area contributed by atoms with Crippen molar-refractivity contribution in [1.82, 2.24) is 4.90 Å². The molecule has 2 heterocycles. The highest BCUT2D eigenvalue weighted by molar-refractivity contribution is 5.99. The Bertz CT molecular complexity index is 1260. The predicted molar refractivity (Wildman–Crippen MR) is 120 cm³/mol. The molecule has 3 aromatic carbocycles. The van der Waals surface area contributed by atoms with Crippen LogP contribution in [0.4, 0.5) is 5.69 Å². The maximum absolute atomic E-state index is 13.9. The SMILES string of the molecule is N#CC1C(c2ccc([N+](=O)[O-])cc2)C(C(=O)c2ccccc2)C2c3ccccc3C=CN12. The molecule has 2 aliphatic rings. The van der Waals surface area contributed by atoms with Gasteiger partial charge in [0, 0.05) is 29.8 Å². The van der Waals surface area contributed by atoms with E-state index in [1.807, 2.05) is 59.6 Å². The second kappa shape index (κ2) is 7.78. The molecular formula is C26H19N3O3. The van der Waals surface area contributed by atoms with E-state index in [9.17, 15) is 20.2 Å². The maximum atomic E-state index is 13.9. The average molecular weight is 421 g/mol. The molecule has 6 heteroatoms. The number of rotatable bonds is 4. The lowest BCUT2D eigenvalue weighted by Crippen LogP contribution is -2.30. The summed E-state index contributed by atoms with van der Waals surface area (Å²) in [5.41, 5.74) is 3.36. The minimum Gasteiger partial charge on any atom is -0.353 e. The highest BCUT2D eigenvalue weighted by Gasteiger charge is 2.53. The molecule has 0 aliphatic carbocycles. The molecule has 156 valence electrons. The number of benzene rings is 3. The minimum absolute atomic E-state index is 0.0193. The number of nitriles is 1. The van der Waals surface area contributed by atoms with Gasteiger partial charge in [-0.3, -0.25) is 14.9 Å². The fourth-order valence-corrected chi connectivity index (χ4v) is 5.03. The van der Waals surface area contributed by atoms with Gasteiger partial charge in [-0.25, -0.2) is 0 Å². The van der Waals surface area contributed by atoms with Gasteiger partial charge in [-0.15, -0.1) is 0 Å². The van der Waals surface area contributed by atoms with E-state index in [0.717, 1.165) is 16.7 Å². The van der Waals surface area contributed by atoms with Crippen molar-refractivity contribution in [3.05, 3.63) is 117 Å². The zero-order valence-electron chi connectivity index (χ0n) is 17.0. The first-order chi connectivity index (χ1) is 15.6. The van der Waals surface area contributed by atoms with Gasteiger partial charge in [0.25, 0.3) is 5.69 Å². The van der Waals surface area contributed by atoms with Crippen molar-refractivity contribution in [2.75, 3.05) is 0 Å². The van der Waals surface area contributed by atoms with Crippen LogP contribution in [0.5, 0.6) is 0 Å². The van der Waals surface area contributed by atoms with E-state index in [0.29, 0.717) is 5.56 Å². The molecule has 0 spiro atoms. The Kier molecular flexibility index (Phi) is 4.79. The summed E-state index contributed by atoms with van der Waals surface area (Å²) >= 11 is 0. The van der Waals surface area contributed by atoms with Crippen LogP contribution in [-0.2, 0) is 0 Å². The van der Waals surface area contributed by atoms with Crippen molar-refractivity contribution in [2.45, 2.75) is 18.0 Å². The van der Waals surface area contributed by atoms with Crippen LogP contribution in [0, 0.1) is 27.4 Å². The molecule has 2 aliphatic heterocycles. The first-order valence-electron chi connectivity index (χ1n) is 10.4. The number of fused-ring (bicyclic) bond motifs is 3. The standard InChI is InChI=1S/C26H19N3O3/c27-16-22-23(18-10-12-20(13-11-18)29(31)32)24(26(30)19-7-2-1-3-8-19)25-21-9-5-4-6-17(21)14-15-28(22)25/h1-15,22-25H. The Balaban J connectivity index is 1.68. The third-order valence-corrected chi connectivity index (χ3v) is 6.43. The van der Waals surface area contributed by atoms with Crippen LogP contribution in [0.2, 0.25) is 0 Å². The molecule has 0 N–H and O–H groups in total. The third-order valence-electron chi connectivity index (χ3n) is 6.43.